The lowest BCUT2D eigenvalue weighted by Crippen LogP contribution is -2.32. The van der Waals surface area contributed by atoms with Crippen molar-refractivity contribution in [2.45, 2.75) is 25.5 Å². The molecule has 0 spiro atoms. The fourth-order valence-corrected chi connectivity index (χ4v) is 2.94. The van der Waals surface area contributed by atoms with E-state index in [2.05, 4.69) is 16.1 Å². The minimum atomic E-state index is -3.75. The smallest absolute Gasteiger partial charge is 0.263 e. The van der Waals surface area contributed by atoms with Crippen LogP contribution in [-0.4, -0.2) is 41.1 Å². The van der Waals surface area contributed by atoms with Crippen LogP contribution in [0.5, 0.6) is 0 Å². The zero-order chi connectivity index (χ0) is 13.1. The summed E-state index contributed by atoms with van der Waals surface area (Å²) in [5.41, 5.74) is 0.809. The van der Waals surface area contributed by atoms with Gasteiger partial charge in [-0.1, -0.05) is 12.8 Å². The first-order valence-corrected chi connectivity index (χ1v) is 6.51. The third-order valence-electron chi connectivity index (χ3n) is 2.40. The van der Waals surface area contributed by atoms with E-state index < -0.39 is 10.0 Å². The van der Waals surface area contributed by atoms with Gasteiger partial charge in [-0.25, -0.2) is 8.42 Å². The van der Waals surface area contributed by atoms with E-state index in [1.54, 1.807) is 13.8 Å². The number of aromatic amines is 1. The van der Waals surface area contributed by atoms with E-state index in [0.717, 1.165) is 4.31 Å². The number of rotatable bonds is 5. The van der Waals surface area contributed by atoms with E-state index in [1.807, 2.05) is 0 Å². The van der Waals surface area contributed by atoms with E-state index in [4.69, 9.17) is 11.5 Å². The summed E-state index contributed by atoms with van der Waals surface area (Å²) in [6.45, 7) is 3.19. The average molecular weight is 257 g/mol. The number of H-pyrrole nitrogens is 1. The second-order valence-electron chi connectivity index (χ2n) is 3.43. The molecule has 0 aliphatic carbocycles. The largest absolute Gasteiger partial charge is 0.392 e. The molecule has 0 aliphatic heterocycles. The van der Waals surface area contributed by atoms with Crippen LogP contribution in [0.4, 0.5) is 0 Å². The van der Waals surface area contributed by atoms with Crippen molar-refractivity contribution in [3.05, 3.63) is 11.3 Å². The minimum Gasteiger partial charge on any atom is -0.392 e. The van der Waals surface area contributed by atoms with E-state index in [-0.39, 0.29) is 30.3 Å². The first-order chi connectivity index (χ1) is 7.98. The maximum absolute atomic E-state index is 12.2. The number of aryl methyl sites for hydroxylation is 1. The Labute approximate surface area is 101 Å². The van der Waals surface area contributed by atoms with E-state index in [9.17, 15) is 8.42 Å². The Kier molecular flexibility index (Phi) is 4.28. The molecule has 1 heterocycles. The Bertz CT molecular complexity index is 527. The first-order valence-electron chi connectivity index (χ1n) is 5.07. The summed E-state index contributed by atoms with van der Waals surface area (Å²) < 4.78 is 25.5. The van der Waals surface area contributed by atoms with E-state index in [0.29, 0.717) is 5.69 Å². The van der Waals surface area contributed by atoms with Gasteiger partial charge < -0.3 is 5.11 Å². The van der Waals surface area contributed by atoms with Crippen molar-refractivity contribution in [1.29, 1.82) is 0 Å². The third-order valence-corrected chi connectivity index (χ3v) is 4.29. The number of aliphatic hydroxyl groups excluding tert-OH is 1. The molecule has 0 saturated heterocycles. The lowest BCUT2D eigenvalue weighted by atomic mass is 10.3. The number of sulfonamides is 1. The number of nitrogens with one attached hydrogen (secondary N) is 1. The monoisotopic (exact) mass is 257 g/mol. The van der Waals surface area contributed by atoms with Crippen LogP contribution in [0, 0.1) is 19.3 Å². The van der Waals surface area contributed by atoms with Gasteiger partial charge in [0.05, 0.1) is 13.2 Å². The van der Waals surface area contributed by atoms with Crippen molar-refractivity contribution in [2.75, 3.05) is 13.1 Å². The van der Waals surface area contributed by atoms with Crippen LogP contribution >= 0.6 is 0 Å². The minimum absolute atomic E-state index is 0.0182. The van der Waals surface area contributed by atoms with Crippen LogP contribution in [0.25, 0.3) is 0 Å². The number of aliphatic hydroxyl groups is 1. The van der Waals surface area contributed by atoms with Gasteiger partial charge in [-0.3, -0.25) is 5.10 Å². The highest BCUT2D eigenvalue weighted by atomic mass is 32.2. The molecule has 0 bridgehead atoms. The summed E-state index contributed by atoms with van der Waals surface area (Å²) in [5.74, 6) is 2.29. The lowest BCUT2D eigenvalue weighted by Gasteiger charge is -2.16. The molecule has 0 aliphatic rings. The Morgan fingerprint density at radius 2 is 2.24 bits per heavy atom. The average Bonchev–Trinajstić information content (AvgIpc) is 2.67. The fourth-order valence-electron chi connectivity index (χ4n) is 1.42. The molecule has 0 amide bonds. The molecule has 7 heteroatoms. The number of terminal acetylenes is 1. The molecule has 0 aromatic carbocycles. The summed E-state index contributed by atoms with van der Waals surface area (Å²) in [7, 11) is -3.75. The summed E-state index contributed by atoms with van der Waals surface area (Å²) >= 11 is 0. The van der Waals surface area contributed by atoms with Gasteiger partial charge in [-0.05, 0) is 6.92 Å². The first kappa shape index (κ1) is 13.7. The van der Waals surface area contributed by atoms with E-state index in [1.165, 1.54) is 0 Å². The zero-order valence-electron chi connectivity index (χ0n) is 9.77. The van der Waals surface area contributed by atoms with Crippen LogP contribution in [-0.2, 0) is 16.6 Å². The number of nitrogens with zero attached hydrogens (tertiary/aromatic N) is 2. The summed E-state index contributed by atoms with van der Waals surface area (Å²) in [5, 5.41) is 15.3. The molecule has 94 valence electrons. The highest BCUT2D eigenvalue weighted by Gasteiger charge is 2.28. The van der Waals surface area contributed by atoms with Gasteiger partial charge in [0.25, 0.3) is 10.0 Å². The van der Waals surface area contributed by atoms with Gasteiger partial charge in [-0.15, -0.1) is 6.42 Å². The number of hydrogen-bond donors (Lipinski definition) is 2. The fraction of sp³-hybridized carbons (Fsp3) is 0.500. The molecular formula is C10H15N3O3S. The quantitative estimate of drug-likeness (QED) is 0.718. The maximum Gasteiger partial charge on any atom is 0.263 e. The number of hydrogen-bond acceptors (Lipinski definition) is 4. The maximum atomic E-state index is 12.2. The van der Waals surface area contributed by atoms with E-state index >= 15 is 0 Å². The summed E-state index contributed by atoms with van der Waals surface area (Å²) in [6.07, 6.45) is 5.12. The molecule has 1 aromatic heterocycles. The Morgan fingerprint density at radius 3 is 2.71 bits per heavy atom. The van der Waals surface area contributed by atoms with Crippen molar-refractivity contribution in [3.63, 3.8) is 0 Å². The molecular weight excluding hydrogens is 242 g/mol. The van der Waals surface area contributed by atoms with Crippen molar-refractivity contribution in [2.24, 2.45) is 0 Å². The normalized spacial score (nSPS) is 11.7. The molecule has 0 unspecified atom stereocenters. The predicted molar refractivity (Wildman–Crippen MR) is 62.5 cm³/mol. The Hall–Kier alpha value is -1.36. The standard InChI is InChI=1S/C10H15N3O3S/c1-4-6-13(5-2)17(15,16)10-9(7-14)8(3)11-12-10/h1,14H,5-7H2,2-3H3,(H,11,12). The van der Waals surface area contributed by atoms with Crippen LogP contribution < -0.4 is 0 Å². The lowest BCUT2D eigenvalue weighted by molar-refractivity contribution is 0.277. The second kappa shape index (κ2) is 5.31. The van der Waals surface area contributed by atoms with Crippen LogP contribution in [0.15, 0.2) is 5.03 Å². The highest BCUT2D eigenvalue weighted by molar-refractivity contribution is 7.89. The SMILES string of the molecule is C#CCN(CC)S(=O)(=O)c1n[nH]c(C)c1CO. The molecule has 0 fully saturated rings. The Morgan fingerprint density at radius 1 is 1.59 bits per heavy atom. The molecule has 2 N–H and O–H groups in total. The van der Waals surface area contributed by atoms with Gasteiger partial charge in [0.1, 0.15) is 0 Å². The molecule has 6 nitrogen and oxygen atoms in total. The Balaban J connectivity index is 3.26. The van der Waals surface area contributed by atoms with Crippen LogP contribution in [0.1, 0.15) is 18.2 Å². The van der Waals surface area contributed by atoms with Crippen molar-refractivity contribution in [1.82, 2.24) is 14.5 Å². The van der Waals surface area contributed by atoms with Crippen molar-refractivity contribution < 1.29 is 13.5 Å². The predicted octanol–water partition coefficient (Wildman–Crippen LogP) is -0.146. The summed E-state index contributed by atoms with van der Waals surface area (Å²) in [6, 6.07) is 0. The van der Waals surface area contributed by atoms with Gasteiger partial charge in [-0.2, -0.15) is 9.40 Å². The van der Waals surface area contributed by atoms with Gasteiger partial charge in [0, 0.05) is 17.8 Å². The van der Waals surface area contributed by atoms with Gasteiger partial charge in [0.2, 0.25) is 0 Å². The second-order valence-corrected chi connectivity index (χ2v) is 5.28. The number of aromatic nitrogens is 2. The van der Waals surface area contributed by atoms with Crippen molar-refractivity contribution >= 4 is 10.0 Å². The highest BCUT2D eigenvalue weighted by Crippen LogP contribution is 2.19. The molecule has 1 aromatic rings. The van der Waals surface area contributed by atoms with Gasteiger partial charge >= 0.3 is 0 Å². The molecule has 1 rings (SSSR count). The van der Waals surface area contributed by atoms with Gasteiger partial charge in [0.15, 0.2) is 5.03 Å². The van der Waals surface area contributed by atoms with Crippen LogP contribution in [0.2, 0.25) is 0 Å². The summed E-state index contributed by atoms with van der Waals surface area (Å²) in [4.78, 5) is 0. The topological polar surface area (TPSA) is 86.3 Å². The molecule has 0 atom stereocenters. The molecule has 17 heavy (non-hydrogen) atoms. The molecule has 0 radical (unpaired) electrons. The zero-order valence-corrected chi connectivity index (χ0v) is 10.6. The van der Waals surface area contributed by atoms with Crippen LogP contribution in [0.3, 0.4) is 0 Å². The van der Waals surface area contributed by atoms with Crippen molar-refractivity contribution in [3.8, 4) is 12.3 Å². The third kappa shape index (κ3) is 2.49. The molecule has 0 saturated carbocycles.